The van der Waals surface area contributed by atoms with Gasteiger partial charge in [0.15, 0.2) is 0 Å². The SMILES string of the molecule is CO[C@@H]1[C@@H](N)COC12CCC2.Cl. The second-order valence-electron chi connectivity index (χ2n) is 3.55. The molecule has 1 saturated carbocycles. The summed E-state index contributed by atoms with van der Waals surface area (Å²) >= 11 is 0. The first-order chi connectivity index (χ1) is 5.28. The van der Waals surface area contributed by atoms with Gasteiger partial charge in [0.05, 0.1) is 18.2 Å². The molecule has 0 radical (unpaired) electrons. The van der Waals surface area contributed by atoms with Crippen molar-refractivity contribution < 1.29 is 9.47 Å². The second kappa shape index (κ2) is 3.50. The molecule has 12 heavy (non-hydrogen) atoms. The molecular weight excluding hydrogens is 178 g/mol. The molecule has 0 aromatic heterocycles. The number of hydrogen-bond donors (Lipinski definition) is 1. The minimum atomic E-state index is 0. The highest BCUT2D eigenvalue weighted by molar-refractivity contribution is 5.85. The van der Waals surface area contributed by atoms with Gasteiger partial charge in [-0.2, -0.15) is 0 Å². The van der Waals surface area contributed by atoms with Crippen LogP contribution in [-0.2, 0) is 9.47 Å². The molecule has 2 N–H and O–H groups in total. The molecule has 1 aliphatic heterocycles. The third kappa shape index (κ3) is 1.25. The summed E-state index contributed by atoms with van der Waals surface area (Å²) in [7, 11) is 1.72. The number of rotatable bonds is 1. The fraction of sp³-hybridized carbons (Fsp3) is 1.00. The van der Waals surface area contributed by atoms with E-state index in [0.29, 0.717) is 6.61 Å². The molecule has 2 rings (SSSR count). The lowest BCUT2D eigenvalue weighted by atomic mass is 9.75. The normalized spacial score (nSPS) is 37.5. The molecule has 0 unspecified atom stereocenters. The molecule has 1 saturated heterocycles. The Hall–Kier alpha value is 0.170. The van der Waals surface area contributed by atoms with Crippen molar-refractivity contribution in [2.75, 3.05) is 13.7 Å². The highest BCUT2D eigenvalue weighted by Crippen LogP contribution is 2.44. The van der Waals surface area contributed by atoms with Crippen LogP contribution in [0.3, 0.4) is 0 Å². The van der Waals surface area contributed by atoms with E-state index in [1.54, 1.807) is 7.11 Å². The Kier molecular flexibility index (Phi) is 2.99. The first-order valence-corrected chi connectivity index (χ1v) is 4.21. The summed E-state index contributed by atoms with van der Waals surface area (Å²) in [5, 5.41) is 0. The summed E-state index contributed by atoms with van der Waals surface area (Å²) in [6.45, 7) is 0.665. The van der Waals surface area contributed by atoms with Gasteiger partial charge in [0.1, 0.15) is 6.10 Å². The van der Waals surface area contributed by atoms with Gasteiger partial charge in [-0.3, -0.25) is 0 Å². The van der Waals surface area contributed by atoms with E-state index in [4.69, 9.17) is 15.2 Å². The molecule has 0 amide bonds. The Balaban J connectivity index is 0.000000720. The van der Waals surface area contributed by atoms with Gasteiger partial charge in [-0.1, -0.05) is 0 Å². The minimum Gasteiger partial charge on any atom is -0.377 e. The Bertz CT molecular complexity index is 161. The molecule has 1 aliphatic carbocycles. The minimum absolute atomic E-state index is 0. The standard InChI is InChI=1S/C8H15NO2.ClH/c1-10-7-6(9)5-11-8(7)3-2-4-8;/h6-7H,2-5,9H2,1H3;1H/t6-,7+;/m0./s1. The van der Waals surface area contributed by atoms with Crippen molar-refractivity contribution in [3.8, 4) is 0 Å². The van der Waals surface area contributed by atoms with Crippen LogP contribution in [0, 0.1) is 0 Å². The molecule has 0 aromatic rings. The van der Waals surface area contributed by atoms with Gasteiger partial charge in [0.2, 0.25) is 0 Å². The summed E-state index contributed by atoms with van der Waals surface area (Å²) in [5.41, 5.74) is 5.83. The van der Waals surface area contributed by atoms with E-state index in [-0.39, 0.29) is 30.2 Å². The van der Waals surface area contributed by atoms with E-state index in [0.717, 1.165) is 12.8 Å². The first kappa shape index (κ1) is 10.3. The van der Waals surface area contributed by atoms with Crippen LogP contribution in [0.1, 0.15) is 19.3 Å². The zero-order valence-electron chi connectivity index (χ0n) is 7.29. The summed E-state index contributed by atoms with van der Waals surface area (Å²) in [5.74, 6) is 0. The van der Waals surface area contributed by atoms with Crippen LogP contribution in [0.2, 0.25) is 0 Å². The highest BCUT2D eigenvalue weighted by Gasteiger charge is 2.52. The molecular formula is C8H16ClNO2. The lowest BCUT2D eigenvalue weighted by Crippen LogP contribution is -2.51. The van der Waals surface area contributed by atoms with Crippen molar-refractivity contribution in [1.82, 2.24) is 0 Å². The topological polar surface area (TPSA) is 44.5 Å². The quantitative estimate of drug-likeness (QED) is 0.667. The molecule has 0 bridgehead atoms. The Labute approximate surface area is 79.0 Å². The molecule has 72 valence electrons. The van der Waals surface area contributed by atoms with Crippen LogP contribution in [0.25, 0.3) is 0 Å². The van der Waals surface area contributed by atoms with Gasteiger partial charge in [-0.15, -0.1) is 12.4 Å². The lowest BCUT2D eigenvalue weighted by molar-refractivity contribution is -0.121. The average molecular weight is 194 g/mol. The zero-order chi connectivity index (χ0) is 7.90. The third-order valence-corrected chi connectivity index (χ3v) is 2.92. The van der Waals surface area contributed by atoms with Crippen LogP contribution in [0.15, 0.2) is 0 Å². The van der Waals surface area contributed by atoms with E-state index >= 15 is 0 Å². The van der Waals surface area contributed by atoms with Gasteiger partial charge in [-0.05, 0) is 19.3 Å². The fourth-order valence-electron chi connectivity index (χ4n) is 2.17. The summed E-state index contributed by atoms with van der Waals surface area (Å²) in [4.78, 5) is 0. The molecule has 2 atom stereocenters. The van der Waals surface area contributed by atoms with Crippen LogP contribution >= 0.6 is 12.4 Å². The van der Waals surface area contributed by atoms with E-state index in [9.17, 15) is 0 Å². The number of methoxy groups -OCH3 is 1. The number of halogens is 1. The predicted octanol–water partition coefficient (Wildman–Crippen LogP) is 0.703. The van der Waals surface area contributed by atoms with Crippen LogP contribution in [0.5, 0.6) is 0 Å². The molecule has 1 spiro atoms. The van der Waals surface area contributed by atoms with E-state index in [2.05, 4.69) is 0 Å². The van der Waals surface area contributed by atoms with Crippen LogP contribution < -0.4 is 5.73 Å². The van der Waals surface area contributed by atoms with Crippen molar-refractivity contribution in [3.63, 3.8) is 0 Å². The van der Waals surface area contributed by atoms with Gasteiger partial charge in [0.25, 0.3) is 0 Å². The monoisotopic (exact) mass is 193 g/mol. The average Bonchev–Trinajstić information content (AvgIpc) is 2.25. The van der Waals surface area contributed by atoms with Crippen molar-refractivity contribution in [2.24, 2.45) is 5.73 Å². The predicted molar refractivity (Wildman–Crippen MR) is 48.6 cm³/mol. The molecule has 2 aliphatic rings. The Morgan fingerprint density at radius 3 is 2.50 bits per heavy atom. The Morgan fingerprint density at radius 2 is 2.17 bits per heavy atom. The van der Waals surface area contributed by atoms with Crippen molar-refractivity contribution >= 4 is 12.4 Å². The maximum absolute atomic E-state index is 5.82. The zero-order valence-corrected chi connectivity index (χ0v) is 8.10. The second-order valence-corrected chi connectivity index (χ2v) is 3.55. The lowest BCUT2D eigenvalue weighted by Gasteiger charge is -2.41. The van der Waals surface area contributed by atoms with Crippen LogP contribution in [0.4, 0.5) is 0 Å². The van der Waals surface area contributed by atoms with Crippen molar-refractivity contribution in [1.29, 1.82) is 0 Å². The molecule has 1 heterocycles. The summed E-state index contributed by atoms with van der Waals surface area (Å²) in [6.07, 6.45) is 3.64. The summed E-state index contributed by atoms with van der Waals surface area (Å²) in [6, 6.07) is 0.0836. The van der Waals surface area contributed by atoms with E-state index < -0.39 is 0 Å². The molecule has 4 heteroatoms. The maximum atomic E-state index is 5.82. The smallest absolute Gasteiger partial charge is 0.103 e. The number of ether oxygens (including phenoxy) is 2. The van der Waals surface area contributed by atoms with E-state index in [1.165, 1.54) is 6.42 Å². The molecule has 0 aromatic carbocycles. The maximum Gasteiger partial charge on any atom is 0.103 e. The van der Waals surface area contributed by atoms with Crippen molar-refractivity contribution in [3.05, 3.63) is 0 Å². The van der Waals surface area contributed by atoms with Crippen LogP contribution in [-0.4, -0.2) is 31.5 Å². The largest absolute Gasteiger partial charge is 0.377 e. The third-order valence-electron chi connectivity index (χ3n) is 2.92. The van der Waals surface area contributed by atoms with Gasteiger partial charge in [0, 0.05) is 7.11 Å². The van der Waals surface area contributed by atoms with Gasteiger partial charge >= 0.3 is 0 Å². The van der Waals surface area contributed by atoms with E-state index in [1.807, 2.05) is 0 Å². The fourth-order valence-corrected chi connectivity index (χ4v) is 2.17. The summed E-state index contributed by atoms with van der Waals surface area (Å²) < 4.78 is 11.0. The van der Waals surface area contributed by atoms with Gasteiger partial charge in [-0.25, -0.2) is 0 Å². The number of hydrogen-bond acceptors (Lipinski definition) is 3. The molecule has 2 fully saturated rings. The highest BCUT2D eigenvalue weighted by atomic mass is 35.5. The molecule has 3 nitrogen and oxygen atoms in total. The van der Waals surface area contributed by atoms with Gasteiger partial charge < -0.3 is 15.2 Å². The Morgan fingerprint density at radius 1 is 1.50 bits per heavy atom. The van der Waals surface area contributed by atoms with Crippen molar-refractivity contribution in [2.45, 2.75) is 37.0 Å². The number of nitrogens with two attached hydrogens (primary N) is 1. The first-order valence-electron chi connectivity index (χ1n) is 4.21.